The van der Waals surface area contributed by atoms with E-state index in [2.05, 4.69) is 75.4 Å². The van der Waals surface area contributed by atoms with Crippen LogP contribution >= 0.6 is 0 Å². The van der Waals surface area contributed by atoms with Crippen LogP contribution in [0.25, 0.3) is 0 Å². The molecule has 0 nitrogen and oxygen atoms in total. The van der Waals surface area contributed by atoms with Crippen LogP contribution in [0.3, 0.4) is 0 Å². The maximum absolute atomic E-state index is 3.34. The number of unbranched alkanes of at least 4 members (excludes halogenated alkanes) is 15. The van der Waals surface area contributed by atoms with E-state index in [4.69, 9.17) is 0 Å². The summed E-state index contributed by atoms with van der Waals surface area (Å²) in [5, 5.41) is 1.22. The van der Waals surface area contributed by atoms with E-state index in [0.717, 1.165) is 22.8 Å². The van der Waals surface area contributed by atoms with Gasteiger partial charge >= 0.3 is 0 Å². The van der Waals surface area contributed by atoms with Crippen molar-refractivity contribution in [1.82, 2.24) is 0 Å². The molecule has 3 fully saturated rings. The van der Waals surface area contributed by atoms with Gasteiger partial charge in [-0.05, 0) is 27.8 Å². The van der Waals surface area contributed by atoms with Crippen LogP contribution in [0.1, 0.15) is 293 Å². The van der Waals surface area contributed by atoms with Gasteiger partial charge < -0.3 is 0 Å². The van der Waals surface area contributed by atoms with Crippen molar-refractivity contribution in [3.8, 4) is 0 Å². The predicted octanol–water partition coefficient (Wildman–Crippen LogP) is 21.9. The number of hydrogen-bond acceptors (Lipinski definition) is 0. The van der Waals surface area contributed by atoms with Gasteiger partial charge in [0.1, 0.15) is 0 Å². The highest BCUT2D eigenvalue weighted by molar-refractivity contribution is 7.91. The van der Waals surface area contributed by atoms with Crippen LogP contribution in [0.4, 0.5) is 0 Å². The summed E-state index contributed by atoms with van der Waals surface area (Å²) >= 11 is 0. The first-order valence-corrected chi connectivity index (χ1v) is 43.2. The SMILES string of the molecule is CCCCCC[Si](CCCCCC)(CCCCCC)[Si](C(C1CCCCC1)(C1CCCCC1)C1CCCCC1)([Si](CCCCC)(CCCCC)CCCCC)[Si](C)(C)C(C)(C)C. The lowest BCUT2D eigenvalue weighted by molar-refractivity contribution is 0.0799. The monoisotopic (exact) mass is 929 g/mol. The fourth-order valence-electron chi connectivity index (χ4n) is 17.3. The van der Waals surface area contributed by atoms with Gasteiger partial charge in [0.15, 0.2) is 0 Å². The fourth-order valence-corrected chi connectivity index (χ4v) is 130. The molecule has 0 heterocycles. The normalized spacial score (nSPS) is 19.6. The first kappa shape index (κ1) is 57.2. The fraction of sp³-hybridized carbons (Fsp3) is 1.00. The molecule has 4 heteroatoms. The summed E-state index contributed by atoms with van der Waals surface area (Å²) in [5.41, 5.74) is 0. The van der Waals surface area contributed by atoms with Crippen molar-refractivity contribution in [2.45, 2.75) is 353 Å². The predicted molar refractivity (Wildman–Crippen MR) is 297 cm³/mol. The quantitative estimate of drug-likeness (QED) is 0.0446. The summed E-state index contributed by atoms with van der Waals surface area (Å²) in [6.07, 6.45) is 56.1. The Morgan fingerprint density at radius 1 is 0.323 bits per heavy atom. The molecule has 0 spiro atoms. The van der Waals surface area contributed by atoms with Gasteiger partial charge in [0, 0.05) is 29.4 Å². The second-order valence-electron chi connectivity index (χ2n) is 24.9. The Morgan fingerprint density at radius 2 is 0.548 bits per heavy atom. The highest BCUT2D eigenvalue weighted by Gasteiger charge is 2.81. The Kier molecular flexibility index (Phi) is 27.4. The van der Waals surface area contributed by atoms with Crippen LogP contribution in [0.5, 0.6) is 0 Å². The molecule has 0 aromatic heterocycles. The van der Waals surface area contributed by atoms with E-state index in [1.165, 1.54) is 77.0 Å². The average Bonchev–Trinajstić information content (AvgIpc) is 3.27. The second-order valence-corrected chi connectivity index (χ2v) is 61.5. The molecule has 0 bridgehead atoms. The first-order chi connectivity index (χ1) is 29.9. The molecule has 0 saturated heterocycles. The molecular weight excluding hydrogens is 809 g/mol. The average molecular weight is 930 g/mol. The lowest BCUT2D eigenvalue weighted by atomic mass is 9.61. The van der Waals surface area contributed by atoms with Crippen LogP contribution in [0.15, 0.2) is 0 Å². The summed E-state index contributed by atoms with van der Waals surface area (Å²) in [7, 11) is -5.78. The van der Waals surface area contributed by atoms with Crippen LogP contribution in [0, 0.1) is 17.8 Å². The third-order valence-corrected chi connectivity index (χ3v) is 95.6. The molecule has 0 aliphatic heterocycles. The number of hydrogen-bond donors (Lipinski definition) is 0. The smallest absolute Gasteiger partial charge is 0.0474 e. The molecule has 368 valence electrons. The molecule has 3 aliphatic carbocycles. The van der Waals surface area contributed by atoms with Crippen molar-refractivity contribution in [2.24, 2.45) is 17.8 Å². The van der Waals surface area contributed by atoms with Crippen LogP contribution in [0.2, 0.25) is 59.4 Å². The van der Waals surface area contributed by atoms with Crippen molar-refractivity contribution < 1.29 is 0 Å². The zero-order chi connectivity index (χ0) is 45.4. The van der Waals surface area contributed by atoms with E-state index >= 15 is 0 Å². The van der Waals surface area contributed by atoms with E-state index in [-0.39, 0.29) is 0 Å². The van der Waals surface area contributed by atoms with E-state index in [0.29, 0.717) is 5.04 Å². The molecule has 0 radical (unpaired) electrons. The van der Waals surface area contributed by atoms with Crippen LogP contribution < -0.4 is 0 Å². The van der Waals surface area contributed by atoms with Crippen molar-refractivity contribution in [3.05, 3.63) is 0 Å². The zero-order valence-electron chi connectivity index (χ0n) is 45.4. The minimum absolute atomic E-state index is 0.482. The Bertz CT molecular complexity index is 1000. The summed E-state index contributed by atoms with van der Waals surface area (Å²) in [4.78, 5) is 0. The molecule has 0 amide bonds. The Balaban J connectivity index is 2.91. The van der Waals surface area contributed by atoms with Crippen LogP contribution in [-0.4, -0.2) is 29.4 Å². The molecule has 0 N–H and O–H groups in total. The molecule has 62 heavy (non-hydrogen) atoms. The molecule has 3 saturated carbocycles. The van der Waals surface area contributed by atoms with E-state index in [1.807, 2.05) is 18.1 Å². The maximum Gasteiger partial charge on any atom is 0.0474 e. The summed E-state index contributed by atoms with van der Waals surface area (Å²) in [5.74, 6) is 3.23. The van der Waals surface area contributed by atoms with Crippen molar-refractivity contribution in [2.75, 3.05) is 0 Å². The third kappa shape index (κ3) is 13.6. The topological polar surface area (TPSA) is 0 Å². The summed E-state index contributed by atoms with van der Waals surface area (Å²) < 4.78 is 0. The van der Waals surface area contributed by atoms with Crippen LogP contribution in [-0.2, 0) is 0 Å². The first-order valence-electron chi connectivity index (χ1n) is 29.9. The maximum atomic E-state index is 3.34. The standard InChI is InChI=1S/C58H120Si4/c1-12-18-24-39-51-61(52-40-25-19-13-2,53-41-26-20-14-3)62(59(10,11)57(7,8)9,60(48-36-21-15-4,49-37-22-16-5)50-38-23-17-6)58(54-42-30-27-31-43-54,55-44-32-28-33-45-55)56-46-34-29-35-47-56/h54-56H,12-53H2,1-11H3. The molecule has 0 aromatic carbocycles. The van der Waals surface area contributed by atoms with E-state index in [1.54, 1.807) is 172 Å². The molecule has 1 atom stereocenters. The Hall–Kier alpha value is 0.868. The summed E-state index contributed by atoms with van der Waals surface area (Å²) in [6.45, 7) is 28.7. The summed E-state index contributed by atoms with van der Waals surface area (Å²) in [6, 6.07) is 10.8. The Morgan fingerprint density at radius 3 is 0.774 bits per heavy atom. The minimum atomic E-state index is -2.17. The zero-order valence-corrected chi connectivity index (χ0v) is 49.4. The van der Waals surface area contributed by atoms with Crippen molar-refractivity contribution in [1.29, 1.82) is 0 Å². The Labute approximate surface area is 397 Å². The van der Waals surface area contributed by atoms with Gasteiger partial charge in [-0.25, -0.2) is 0 Å². The van der Waals surface area contributed by atoms with E-state index < -0.39 is 29.4 Å². The highest BCUT2D eigenvalue weighted by Crippen LogP contribution is 2.76. The molecule has 1 unspecified atom stereocenters. The second kappa shape index (κ2) is 29.7. The van der Waals surface area contributed by atoms with Gasteiger partial charge in [0.25, 0.3) is 0 Å². The lowest BCUT2D eigenvalue weighted by Crippen LogP contribution is -2.95. The third-order valence-electron chi connectivity index (χ3n) is 20.2. The van der Waals surface area contributed by atoms with Gasteiger partial charge in [-0.2, -0.15) is 0 Å². The molecule has 3 rings (SSSR count). The largest absolute Gasteiger partial charge is 0.0713 e. The van der Waals surface area contributed by atoms with Gasteiger partial charge in [-0.15, -0.1) is 0 Å². The van der Waals surface area contributed by atoms with Gasteiger partial charge in [0.05, 0.1) is 0 Å². The van der Waals surface area contributed by atoms with Crippen molar-refractivity contribution >= 4 is 29.4 Å². The van der Waals surface area contributed by atoms with Gasteiger partial charge in [-0.1, -0.05) is 343 Å². The minimum Gasteiger partial charge on any atom is -0.0713 e. The van der Waals surface area contributed by atoms with Crippen molar-refractivity contribution in [3.63, 3.8) is 0 Å². The molecular formula is C58H120Si4. The molecule has 3 aliphatic rings. The van der Waals surface area contributed by atoms with E-state index in [9.17, 15) is 0 Å². The highest BCUT2D eigenvalue weighted by atomic mass is 29.9. The number of rotatable bonds is 34. The lowest BCUT2D eigenvalue weighted by Gasteiger charge is -2.79. The van der Waals surface area contributed by atoms with Gasteiger partial charge in [-0.3, -0.25) is 0 Å². The molecule has 0 aromatic rings. The van der Waals surface area contributed by atoms with Gasteiger partial charge in [0.2, 0.25) is 0 Å².